The number of nitrogens with zero attached hydrogens (tertiary/aromatic N) is 3. The molecule has 0 bridgehead atoms. The zero-order chi connectivity index (χ0) is 19.7. The molecule has 1 saturated heterocycles. The quantitative estimate of drug-likeness (QED) is 0.609. The van der Waals surface area contributed by atoms with Crippen molar-refractivity contribution >= 4 is 46.0 Å². The van der Waals surface area contributed by atoms with Gasteiger partial charge in [-0.05, 0) is 48.0 Å². The second-order valence-electron chi connectivity index (χ2n) is 7.39. The van der Waals surface area contributed by atoms with E-state index in [0.29, 0.717) is 22.5 Å². The van der Waals surface area contributed by atoms with Gasteiger partial charge >= 0.3 is 0 Å². The lowest BCUT2D eigenvalue weighted by Gasteiger charge is -2.22. The number of benzene rings is 1. The number of carbonyl (C=O) groups excluding carboxylic acids is 1. The van der Waals surface area contributed by atoms with Crippen LogP contribution in [0.3, 0.4) is 0 Å². The molecule has 146 valence electrons. The van der Waals surface area contributed by atoms with Gasteiger partial charge in [0.05, 0.1) is 28.2 Å². The summed E-state index contributed by atoms with van der Waals surface area (Å²) in [6, 6.07) is 8.21. The molecule has 0 aliphatic carbocycles. The fourth-order valence-electron chi connectivity index (χ4n) is 3.47. The summed E-state index contributed by atoms with van der Waals surface area (Å²) >= 11 is 8.54. The zero-order valence-electron chi connectivity index (χ0n) is 16.0. The second-order valence-corrected chi connectivity index (χ2v) is 8.99. The van der Waals surface area contributed by atoms with Gasteiger partial charge in [0.1, 0.15) is 0 Å². The Morgan fingerprint density at radius 1 is 1.21 bits per heavy atom. The van der Waals surface area contributed by atoms with E-state index in [9.17, 15) is 4.79 Å². The lowest BCUT2D eigenvalue weighted by atomic mass is 10.0. The first-order valence-corrected chi connectivity index (χ1v) is 11.1. The Labute approximate surface area is 173 Å². The number of carbonyl (C=O) groups is 1. The van der Waals surface area contributed by atoms with Crippen LogP contribution in [0.15, 0.2) is 36.7 Å². The summed E-state index contributed by atoms with van der Waals surface area (Å²) in [5, 5.41) is 8.55. The van der Waals surface area contributed by atoms with Crippen LogP contribution in [0, 0.1) is 0 Å². The monoisotopic (exact) mass is 414 g/mol. The van der Waals surface area contributed by atoms with Gasteiger partial charge in [0.25, 0.3) is 5.91 Å². The number of fused-ring (bicyclic) bond motifs is 1. The van der Waals surface area contributed by atoms with Crippen LogP contribution in [0.2, 0.25) is 5.02 Å². The maximum absolute atomic E-state index is 12.7. The summed E-state index contributed by atoms with van der Waals surface area (Å²) in [7, 11) is 0. The Balaban J connectivity index is 1.58. The van der Waals surface area contributed by atoms with Crippen LogP contribution in [0.4, 0.5) is 5.69 Å². The third kappa shape index (κ3) is 3.76. The van der Waals surface area contributed by atoms with Gasteiger partial charge in [-0.25, -0.2) is 9.67 Å². The molecule has 1 aliphatic rings. The van der Waals surface area contributed by atoms with Gasteiger partial charge in [0, 0.05) is 11.9 Å². The summed E-state index contributed by atoms with van der Waals surface area (Å²) in [4.78, 5) is 17.3. The lowest BCUT2D eigenvalue weighted by Crippen LogP contribution is -2.17. The zero-order valence-corrected chi connectivity index (χ0v) is 17.6. The minimum atomic E-state index is -0.265. The van der Waals surface area contributed by atoms with Gasteiger partial charge in [-0.3, -0.25) is 4.79 Å². The van der Waals surface area contributed by atoms with Crippen molar-refractivity contribution in [2.75, 3.05) is 16.8 Å². The number of hydrogen-bond acceptors (Lipinski definition) is 4. The first kappa shape index (κ1) is 19.3. The predicted molar refractivity (Wildman–Crippen MR) is 117 cm³/mol. The SMILES string of the molecule is CC(C)c1ccc(NC(=O)c2cnc3c(cnn3C3CCSCC3)c2Cl)cc1. The summed E-state index contributed by atoms with van der Waals surface area (Å²) in [6.07, 6.45) is 5.43. The topological polar surface area (TPSA) is 59.8 Å². The molecule has 3 heterocycles. The molecular formula is C21H23ClN4OS. The molecule has 4 rings (SSSR count). The van der Waals surface area contributed by atoms with E-state index in [1.54, 1.807) is 12.4 Å². The third-order valence-electron chi connectivity index (χ3n) is 5.17. The molecule has 7 heteroatoms. The maximum atomic E-state index is 12.7. The second kappa shape index (κ2) is 8.13. The van der Waals surface area contributed by atoms with Crippen LogP contribution in [0.5, 0.6) is 0 Å². The molecule has 1 fully saturated rings. The summed E-state index contributed by atoms with van der Waals surface area (Å²) in [5.74, 6) is 2.45. The van der Waals surface area contributed by atoms with Crippen molar-refractivity contribution in [1.29, 1.82) is 0 Å². The number of rotatable bonds is 4. The Hall–Kier alpha value is -2.05. The van der Waals surface area contributed by atoms with Gasteiger partial charge < -0.3 is 5.32 Å². The van der Waals surface area contributed by atoms with E-state index < -0.39 is 0 Å². The number of aromatic nitrogens is 3. The van der Waals surface area contributed by atoms with E-state index in [2.05, 4.69) is 29.2 Å². The Bertz CT molecular complexity index is 994. The van der Waals surface area contributed by atoms with E-state index in [-0.39, 0.29) is 5.91 Å². The van der Waals surface area contributed by atoms with Crippen molar-refractivity contribution in [2.24, 2.45) is 0 Å². The fourth-order valence-corrected chi connectivity index (χ4v) is 4.82. The predicted octanol–water partition coefficient (Wildman–Crippen LogP) is 5.53. The third-order valence-corrected chi connectivity index (χ3v) is 6.63. The first-order chi connectivity index (χ1) is 13.5. The molecule has 0 saturated carbocycles. The van der Waals surface area contributed by atoms with Gasteiger partial charge in [-0.1, -0.05) is 37.6 Å². The minimum Gasteiger partial charge on any atom is -0.322 e. The molecule has 2 aromatic heterocycles. The molecule has 5 nitrogen and oxygen atoms in total. The highest BCUT2D eigenvalue weighted by atomic mass is 35.5. The maximum Gasteiger partial charge on any atom is 0.258 e. The van der Waals surface area contributed by atoms with Crippen LogP contribution in [-0.4, -0.2) is 32.2 Å². The van der Waals surface area contributed by atoms with Gasteiger partial charge in [-0.2, -0.15) is 16.9 Å². The highest BCUT2D eigenvalue weighted by Gasteiger charge is 2.22. The van der Waals surface area contributed by atoms with Crippen LogP contribution >= 0.6 is 23.4 Å². The molecule has 1 N–H and O–H groups in total. The molecule has 0 atom stereocenters. The molecule has 28 heavy (non-hydrogen) atoms. The van der Waals surface area contributed by atoms with Gasteiger partial charge in [0.2, 0.25) is 0 Å². The van der Waals surface area contributed by atoms with Crippen LogP contribution in [0.25, 0.3) is 11.0 Å². The van der Waals surface area contributed by atoms with E-state index in [1.807, 2.05) is 40.7 Å². The van der Waals surface area contributed by atoms with Crippen molar-refractivity contribution in [2.45, 2.75) is 38.6 Å². The van der Waals surface area contributed by atoms with E-state index in [1.165, 1.54) is 5.56 Å². The number of hydrogen-bond donors (Lipinski definition) is 1. The van der Waals surface area contributed by atoms with Crippen molar-refractivity contribution < 1.29 is 4.79 Å². The highest BCUT2D eigenvalue weighted by Crippen LogP contribution is 2.32. The lowest BCUT2D eigenvalue weighted by molar-refractivity contribution is 0.102. The van der Waals surface area contributed by atoms with Crippen molar-refractivity contribution in [3.8, 4) is 0 Å². The van der Waals surface area contributed by atoms with Crippen LogP contribution in [-0.2, 0) is 0 Å². The van der Waals surface area contributed by atoms with Crippen molar-refractivity contribution in [3.05, 3.63) is 52.8 Å². The van der Waals surface area contributed by atoms with Crippen LogP contribution in [0.1, 0.15) is 54.6 Å². The number of anilines is 1. The van der Waals surface area contributed by atoms with E-state index >= 15 is 0 Å². The average molecular weight is 415 g/mol. The van der Waals surface area contributed by atoms with Gasteiger partial charge in [0.15, 0.2) is 5.65 Å². The van der Waals surface area contributed by atoms with E-state index in [0.717, 1.165) is 41.1 Å². The van der Waals surface area contributed by atoms with Crippen molar-refractivity contribution in [3.63, 3.8) is 0 Å². The molecule has 1 aliphatic heterocycles. The minimum absolute atomic E-state index is 0.265. The largest absolute Gasteiger partial charge is 0.322 e. The average Bonchev–Trinajstić information content (AvgIpc) is 3.14. The highest BCUT2D eigenvalue weighted by molar-refractivity contribution is 7.99. The normalized spacial score (nSPS) is 15.3. The summed E-state index contributed by atoms with van der Waals surface area (Å²) < 4.78 is 1.97. The van der Waals surface area contributed by atoms with Gasteiger partial charge in [-0.15, -0.1) is 0 Å². The molecule has 1 aromatic carbocycles. The standard InChI is InChI=1S/C21H23ClN4OS/c1-13(2)14-3-5-15(6-4-14)25-21(27)18-11-23-20-17(19(18)22)12-24-26(20)16-7-9-28-10-8-16/h3-6,11-13,16H,7-10H2,1-2H3,(H,25,27). The van der Waals surface area contributed by atoms with Crippen LogP contribution < -0.4 is 5.32 Å². The number of nitrogens with one attached hydrogen (secondary N) is 1. The molecule has 3 aromatic rings. The molecule has 1 amide bonds. The smallest absolute Gasteiger partial charge is 0.258 e. The Kier molecular flexibility index (Phi) is 5.60. The van der Waals surface area contributed by atoms with E-state index in [4.69, 9.17) is 11.6 Å². The molecular weight excluding hydrogens is 392 g/mol. The summed E-state index contributed by atoms with van der Waals surface area (Å²) in [6.45, 7) is 4.28. The fraction of sp³-hybridized carbons (Fsp3) is 0.381. The van der Waals surface area contributed by atoms with Crippen molar-refractivity contribution in [1.82, 2.24) is 14.8 Å². The number of thioether (sulfide) groups is 1. The first-order valence-electron chi connectivity index (χ1n) is 9.55. The molecule has 0 unspecified atom stereocenters. The number of amides is 1. The number of pyridine rings is 1. The molecule has 0 spiro atoms. The summed E-state index contributed by atoms with van der Waals surface area (Å²) in [5.41, 5.74) is 3.08. The number of halogens is 1. The Morgan fingerprint density at radius 3 is 2.61 bits per heavy atom. The Morgan fingerprint density at radius 2 is 1.93 bits per heavy atom. The molecule has 0 radical (unpaired) electrons.